The molecule has 3 aliphatic carbocycles. The number of hydrogen-bond donors (Lipinski definition) is 3. The van der Waals surface area contributed by atoms with Crippen LogP contribution < -0.4 is 5.32 Å². The van der Waals surface area contributed by atoms with Gasteiger partial charge in [-0.1, -0.05) is 12.1 Å². The number of ether oxygens (including phenoxy) is 4. The molecule has 0 aromatic heterocycles. The minimum atomic E-state index is -0.753. The number of fused-ring (bicyclic) bond motifs is 1. The van der Waals surface area contributed by atoms with E-state index < -0.39 is 36.1 Å². The molecule has 4 unspecified atom stereocenters. The van der Waals surface area contributed by atoms with Crippen molar-refractivity contribution >= 4 is 23.9 Å². The van der Waals surface area contributed by atoms with Gasteiger partial charge in [0.05, 0.1) is 25.0 Å². The van der Waals surface area contributed by atoms with Crippen molar-refractivity contribution in [2.24, 2.45) is 11.8 Å². The van der Waals surface area contributed by atoms with Crippen molar-refractivity contribution in [3.8, 4) is 0 Å². The van der Waals surface area contributed by atoms with E-state index >= 15 is 0 Å². The average molecular weight is 597 g/mol. The van der Waals surface area contributed by atoms with Gasteiger partial charge in [0.25, 0.3) is 0 Å². The lowest BCUT2D eigenvalue weighted by Gasteiger charge is -2.33. The fraction of sp³-hybridized carbons (Fsp3) is 0.594. The number of amides is 2. The van der Waals surface area contributed by atoms with Crippen molar-refractivity contribution in [2.75, 3.05) is 32.9 Å². The highest BCUT2D eigenvalue weighted by Crippen LogP contribution is 2.59. The van der Waals surface area contributed by atoms with Crippen molar-refractivity contribution in [1.82, 2.24) is 10.2 Å². The Kier molecular flexibility index (Phi) is 8.85. The van der Waals surface area contributed by atoms with Gasteiger partial charge >= 0.3 is 5.97 Å². The van der Waals surface area contributed by atoms with Gasteiger partial charge < -0.3 is 39.4 Å². The smallest absolute Gasteiger partial charge is 0.338 e. The summed E-state index contributed by atoms with van der Waals surface area (Å²) in [6.07, 6.45) is 8.62. The third kappa shape index (κ3) is 6.35. The van der Waals surface area contributed by atoms with E-state index in [1.807, 2.05) is 12.1 Å². The Morgan fingerprint density at radius 1 is 1.07 bits per heavy atom. The molecule has 2 saturated carbocycles. The lowest BCUT2D eigenvalue weighted by molar-refractivity contribution is -0.209. The molecule has 2 saturated heterocycles. The monoisotopic (exact) mass is 596 g/mol. The molecule has 6 rings (SSSR count). The van der Waals surface area contributed by atoms with E-state index in [2.05, 4.69) is 5.32 Å². The highest BCUT2D eigenvalue weighted by molar-refractivity contribution is 5.98. The first-order chi connectivity index (χ1) is 20.9. The molecule has 2 amide bonds. The zero-order valence-corrected chi connectivity index (χ0v) is 24.2. The summed E-state index contributed by atoms with van der Waals surface area (Å²) < 4.78 is 24.7. The molecule has 5 aliphatic rings. The highest BCUT2D eigenvalue weighted by atomic mass is 16.8. The van der Waals surface area contributed by atoms with Gasteiger partial charge in [0.1, 0.15) is 31.0 Å². The van der Waals surface area contributed by atoms with E-state index in [4.69, 9.17) is 29.2 Å². The average Bonchev–Trinajstić information content (AvgIpc) is 3.96. The van der Waals surface area contributed by atoms with Crippen LogP contribution in [-0.4, -0.2) is 95.9 Å². The predicted molar refractivity (Wildman–Crippen MR) is 153 cm³/mol. The number of likely N-dealkylation sites (tertiary alicyclic amines) is 1. The van der Waals surface area contributed by atoms with Crippen LogP contribution in [0.3, 0.4) is 0 Å². The maximum Gasteiger partial charge on any atom is 0.338 e. The highest BCUT2D eigenvalue weighted by Gasteiger charge is 2.64. The van der Waals surface area contributed by atoms with Crippen LogP contribution >= 0.6 is 0 Å². The van der Waals surface area contributed by atoms with E-state index in [1.54, 1.807) is 29.2 Å². The molecule has 4 fully saturated rings. The summed E-state index contributed by atoms with van der Waals surface area (Å²) >= 11 is 0. The number of nitrogens with zero attached hydrogens (tertiary/aromatic N) is 1. The molecule has 2 aliphatic heterocycles. The molecule has 232 valence electrons. The SMILES string of the molecule is O=C(OC1CC(C(=O)N2CCCC2C(=O)NCCO)=CC2OC(C3CC3)(C3CC3)OC21)c1cccc(C=COCCO)c1. The minimum Gasteiger partial charge on any atom is -0.499 e. The zero-order chi connectivity index (χ0) is 30.0. The number of aliphatic hydroxyl groups is 2. The Balaban J connectivity index is 1.22. The van der Waals surface area contributed by atoms with Gasteiger partial charge in [0.15, 0.2) is 5.79 Å². The van der Waals surface area contributed by atoms with E-state index in [0.29, 0.717) is 42.4 Å². The van der Waals surface area contributed by atoms with Crippen LogP contribution in [0.2, 0.25) is 0 Å². The molecule has 4 atom stereocenters. The van der Waals surface area contributed by atoms with E-state index in [-0.39, 0.29) is 44.6 Å². The van der Waals surface area contributed by atoms with Crippen LogP contribution in [-0.2, 0) is 28.5 Å². The third-order valence-electron chi connectivity index (χ3n) is 8.86. The summed E-state index contributed by atoms with van der Waals surface area (Å²) in [5, 5.41) is 20.7. The van der Waals surface area contributed by atoms with Gasteiger partial charge in [-0.05, 0) is 68.4 Å². The topological polar surface area (TPSA) is 144 Å². The first-order valence-corrected chi connectivity index (χ1v) is 15.4. The Hall–Kier alpha value is -3.25. The molecule has 0 radical (unpaired) electrons. The molecular formula is C32H40N2O9. The second-order valence-electron chi connectivity index (χ2n) is 12.0. The first-order valence-electron chi connectivity index (χ1n) is 15.4. The number of rotatable bonds is 12. The second kappa shape index (κ2) is 12.8. The molecule has 0 bridgehead atoms. The van der Waals surface area contributed by atoms with Gasteiger partial charge in [-0.25, -0.2) is 4.79 Å². The summed E-state index contributed by atoms with van der Waals surface area (Å²) in [6, 6.07) is 6.31. The third-order valence-corrected chi connectivity index (χ3v) is 8.86. The van der Waals surface area contributed by atoms with Crippen LogP contribution in [0.5, 0.6) is 0 Å². The summed E-state index contributed by atoms with van der Waals surface area (Å²) in [5.74, 6) is -1.21. The summed E-state index contributed by atoms with van der Waals surface area (Å²) in [5.41, 5.74) is 1.52. The van der Waals surface area contributed by atoms with Crippen LogP contribution in [0.15, 0.2) is 42.2 Å². The Bertz CT molecular complexity index is 1260. The minimum absolute atomic E-state index is 0.0942. The second-order valence-corrected chi connectivity index (χ2v) is 12.0. The maximum absolute atomic E-state index is 13.9. The van der Waals surface area contributed by atoms with Crippen LogP contribution in [0.4, 0.5) is 0 Å². The van der Waals surface area contributed by atoms with Gasteiger partial charge in [-0.2, -0.15) is 0 Å². The summed E-state index contributed by atoms with van der Waals surface area (Å²) in [7, 11) is 0. The molecule has 1 aromatic carbocycles. The maximum atomic E-state index is 13.9. The van der Waals surface area contributed by atoms with Gasteiger partial charge in [-0.3, -0.25) is 9.59 Å². The van der Waals surface area contributed by atoms with Gasteiger partial charge in [0.2, 0.25) is 11.8 Å². The first kappa shape index (κ1) is 29.8. The zero-order valence-electron chi connectivity index (χ0n) is 24.2. The molecule has 3 N–H and O–H groups in total. The van der Waals surface area contributed by atoms with Crippen molar-refractivity contribution in [3.05, 3.63) is 53.3 Å². The van der Waals surface area contributed by atoms with E-state index in [9.17, 15) is 14.4 Å². The van der Waals surface area contributed by atoms with Crippen molar-refractivity contribution < 1.29 is 43.5 Å². The van der Waals surface area contributed by atoms with Crippen molar-refractivity contribution in [1.29, 1.82) is 0 Å². The van der Waals surface area contributed by atoms with Gasteiger partial charge in [0, 0.05) is 36.9 Å². The quantitative estimate of drug-likeness (QED) is 0.187. The number of esters is 1. The van der Waals surface area contributed by atoms with E-state index in [0.717, 1.165) is 31.2 Å². The molecule has 1 aromatic rings. The molecule has 2 heterocycles. The largest absolute Gasteiger partial charge is 0.499 e. The van der Waals surface area contributed by atoms with Crippen molar-refractivity contribution in [2.45, 2.75) is 75.1 Å². The van der Waals surface area contributed by atoms with Gasteiger partial charge in [-0.15, -0.1) is 0 Å². The number of aliphatic hydroxyl groups excluding tert-OH is 2. The normalized spacial score (nSPS) is 28.0. The summed E-state index contributed by atoms with van der Waals surface area (Å²) in [6.45, 7) is 0.478. The number of nitrogens with one attached hydrogen (secondary N) is 1. The van der Waals surface area contributed by atoms with Crippen LogP contribution in [0.25, 0.3) is 6.08 Å². The predicted octanol–water partition coefficient (Wildman–Crippen LogP) is 1.92. The standard InChI is InChI=1S/C32H40N2O9/c35-13-11-33-29(37)25-5-2-12-34(25)30(38)22-18-26(28-27(19-22)42-32(43-28,23-6-7-23)24-8-9-24)41-31(39)21-4-1-3-20(17-21)10-15-40-16-14-36/h1,3-4,10,15,17,19,23-28,35-36H,2,5-9,11-14,16,18H2,(H,33,37). The molecule has 11 nitrogen and oxygen atoms in total. The molecular weight excluding hydrogens is 556 g/mol. The number of carbonyl (C=O) groups is 3. The number of hydrogen-bond acceptors (Lipinski definition) is 9. The molecule has 43 heavy (non-hydrogen) atoms. The molecule has 11 heteroatoms. The van der Waals surface area contributed by atoms with Crippen LogP contribution in [0.1, 0.15) is 60.9 Å². The molecule has 0 spiro atoms. The lowest BCUT2D eigenvalue weighted by atomic mass is 9.91. The lowest BCUT2D eigenvalue weighted by Crippen LogP contribution is -2.49. The van der Waals surface area contributed by atoms with Crippen molar-refractivity contribution in [3.63, 3.8) is 0 Å². The Morgan fingerprint density at radius 3 is 2.58 bits per heavy atom. The Labute approximate surface area is 250 Å². The fourth-order valence-electron chi connectivity index (χ4n) is 6.55. The Morgan fingerprint density at radius 2 is 1.86 bits per heavy atom. The van der Waals surface area contributed by atoms with E-state index in [1.165, 1.54) is 6.26 Å². The number of benzene rings is 1. The fourth-order valence-corrected chi connectivity index (χ4v) is 6.55. The van der Waals surface area contributed by atoms with Crippen LogP contribution in [0, 0.1) is 11.8 Å². The number of carbonyl (C=O) groups excluding carboxylic acids is 3. The summed E-state index contributed by atoms with van der Waals surface area (Å²) in [4.78, 5) is 41.7.